The fourth-order valence-corrected chi connectivity index (χ4v) is 3.21. The number of carbonyl (C=O) groups excluding carboxylic acids is 1. The molecule has 3 rings (SSSR count). The third-order valence-corrected chi connectivity index (χ3v) is 4.21. The van der Waals surface area contributed by atoms with Crippen molar-refractivity contribution in [3.05, 3.63) is 64.9 Å². The number of hydrogen-bond acceptors (Lipinski definition) is 2. The van der Waals surface area contributed by atoms with Crippen molar-refractivity contribution in [3.63, 3.8) is 0 Å². The summed E-state index contributed by atoms with van der Waals surface area (Å²) in [5.74, 6) is -2.41. The van der Waals surface area contributed by atoms with E-state index in [1.165, 1.54) is 18.2 Å². The van der Waals surface area contributed by atoms with Crippen LogP contribution in [0.1, 0.15) is 41.4 Å². The molecule has 4 nitrogen and oxygen atoms in total. The summed E-state index contributed by atoms with van der Waals surface area (Å²) in [5.41, 5.74) is 7.81. The van der Waals surface area contributed by atoms with Gasteiger partial charge in [-0.05, 0) is 35.7 Å². The molecule has 130 valence electrons. The Balaban J connectivity index is 2.28. The topological polar surface area (TPSA) is 68.2 Å². The molecule has 0 radical (unpaired) electrons. The number of nitrogens with two attached hydrogens (primary N) is 1. The van der Waals surface area contributed by atoms with Gasteiger partial charge in [0.1, 0.15) is 5.75 Å². The smallest absolute Gasteiger partial charge is 0.251 e. The van der Waals surface area contributed by atoms with Crippen LogP contribution in [0.5, 0.6) is 5.75 Å². The van der Waals surface area contributed by atoms with Gasteiger partial charge >= 0.3 is 0 Å². The Morgan fingerprint density at radius 1 is 1.16 bits per heavy atom. The van der Waals surface area contributed by atoms with E-state index in [0.717, 1.165) is 12.1 Å². The summed E-state index contributed by atoms with van der Waals surface area (Å²) in [6.45, 7) is 4.06. The van der Waals surface area contributed by atoms with Crippen LogP contribution in [0.15, 0.2) is 36.4 Å². The zero-order valence-electron chi connectivity index (χ0n) is 13.9. The summed E-state index contributed by atoms with van der Waals surface area (Å²) in [5, 5.41) is 10.5. The number of aromatic hydroxyl groups is 1. The number of benzene rings is 2. The molecule has 0 bridgehead atoms. The quantitative estimate of drug-likeness (QED) is 0.754. The third kappa shape index (κ3) is 2.95. The highest BCUT2D eigenvalue weighted by atomic mass is 19.2. The summed E-state index contributed by atoms with van der Waals surface area (Å²) in [6.07, 6.45) is 0. The van der Waals surface area contributed by atoms with Gasteiger partial charge < -0.3 is 15.4 Å². The number of rotatable bonds is 4. The van der Waals surface area contributed by atoms with Crippen LogP contribution in [0, 0.1) is 11.6 Å². The molecule has 0 aliphatic carbocycles. The molecule has 1 amide bonds. The highest BCUT2D eigenvalue weighted by Gasteiger charge is 2.23. The second-order valence-corrected chi connectivity index (χ2v) is 6.32. The SMILES string of the molecule is CC(C)c1c(C(N)=O)c2ccc(O)cc2n1Cc1ccc(F)c(F)c1. The first-order chi connectivity index (χ1) is 11.8. The number of primary amides is 1. The van der Waals surface area contributed by atoms with E-state index in [2.05, 4.69) is 0 Å². The van der Waals surface area contributed by atoms with Gasteiger partial charge in [-0.3, -0.25) is 4.79 Å². The Morgan fingerprint density at radius 2 is 1.88 bits per heavy atom. The maximum atomic E-state index is 13.6. The minimum absolute atomic E-state index is 0.0395. The van der Waals surface area contributed by atoms with Gasteiger partial charge in [-0.1, -0.05) is 19.9 Å². The van der Waals surface area contributed by atoms with Crippen molar-refractivity contribution in [2.75, 3.05) is 0 Å². The van der Waals surface area contributed by atoms with Crippen molar-refractivity contribution >= 4 is 16.8 Å². The first kappa shape index (κ1) is 17.0. The fraction of sp³-hybridized carbons (Fsp3) is 0.211. The number of carbonyl (C=O) groups is 1. The number of halogens is 2. The van der Waals surface area contributed by atoms with Gasteiger partial charge in [0.25, 0.3) is 5.91 Å². The molecule has 1 aromatic heterocycles. The lowest BCUT2D eigenvalue weighted by molar-refractivity contribution is 0.100. The number of phenolic OH excluding ortho intramolecular Hbond substituents is 1. The second-order valence-electron chi connectivity index (χ2n) is 6.32. The van der Waals surface area contributed by atoms with Crippen molar-refractivity contribution in [2.24, 2.45) is 5.73 Å². The highest BCUT2D eigenvalue weighted by molar-refractivity contribution is 6.08. The van der Waals surface area contributed by atoms with Crippen LogP contribution in [0.2, 0.25) is 0 Å². The van der Waals surface area contributed by atoms with E-state index < -0.39 is 17.5 Å². The molecular weight excluding hydrogens is 326 g/mol. The Bertz CT molecular complexity index is 977. The van der Waals surface area contributed by atoms with Gasteiger partial charge in [-0.25, -0.2) is 8.78 Å². The average molecular weight is 344 g/mol. The van der Waals surface area contributed by atoms with E-state index in [0.29, 0.717) is 27.7 Å². The molecule has 0 fully saturated rings. The summed E-state index contributed by atoms with van der Waals surface area (Å²) < 4.78 is 28.6. The van der Waals surface area contributed by atoms with Gasteiger partial charge in [0, 0.05) is 23.7 Å². The van der Waals surface area contributed by atoms with Crippen molar-refractivity contribution in [3.8, 4) is 5.75 Å². The number of hydrogen-bond donors (Lipinski definition) is 2. The van der Waals surface area contributed by atoms with E-state index in [-0.39, 0.29) is 18.2 Å². The molecule has 0 atom stereocenters. The molecule has 0 aliphatic rings. The predicted molar refractivity (Wildman–Crippen MR) is 91.7 cm³/mol. The van der Waals surface area contributed by atoms with Crippen LogP contribution < -0.4 is 5.73 Å². The minimum Gasteiger partial charge on any atom is -0.508 e. The van der Waals surface area contributed by atoms with E-state index in [4.69, 9.17) is 5.73 Å². The van der Waals surface area contributed by atoms with Crippen LogP contribution in [-0.4, -0.2) is 15.6 Å². The summed E-state index contributed by atoms with van der Waals surface area (Å²) in [7, 11) is 0. The largest absolute Gasteiger partial charge is 0.508 e. The Hall–Kier alpha value is -2.89. The zero-order valence-corrected chi connectivity index (χ0v) is 13.9. The van der Waals surface area contributed by atoms with Crippen molar-refractivity contribution in [2.45, 2.75) is 26.3 Å². The first-order valence-corrected chi connectivity index (χ1v) is 7.88. The second kappa shape index (κ2) is 6.20. The molecule has 0 aliphatic heterocycles. The van der Waals surface area contributed by atoms with Crippen LogP contribution in [0.25, 0.3) is 10.9 Å². The monoisotopic (exact) mass is 344 g/mol. The van der Waals surface area contributed by atoms with Gasteiger partial charge in [0.15, 0.2) is 11.6 Å². The van der Waals surface area contributed by atoms with Crippen LogP contribution in [0.4, 0.5) is 8.78 Å². The molecule has 2 aromatic carbocycles. The van der Waals surface area contributed by atoms with Gasteiger partial charge in [0.05, 0.1) is 11.1 Å². The summed E-state index contributed by atoms with van der Waals surface area (Å²) in [6, 6.07) is 8.34. The molecular formula is C19H18F2N2O2. The number of fused-ring (bicyclic) bond motifs is 1. The standard InChI is InChI=1S/C19H18F2N2O2/c1-10(2)18-17(19(22)25)13-5-4-12(24)8-16(13)23(18)9-11-3-6-14(20)15(21)7-11/h3-8,10,24H,9H2,1-2H3,(H2,22,25). The van der Waals surface area contributed by atoms with Gasteiger partial charge in [0.2, 0.25) is 0 Å². The Labute approximate surface area is 143 Å². The lowest BCUT2D eigenvalue weighted by Gasteiger charge is -2.15. The van der Waals surface area contributed by atoms with E-state index in [9.17, 15) is 18.7 Å². The average Bonchev–Trinajstić information content (AvgIpc) is 2.85. The van der Waals surface area contributed by atoms with Crippen molar-refractivity contribution < 1.29 is 18.7 Å². The number of aromatic nitrogens is 1. The van der Waals surface area contributed by atoms with E-state index >= 15 is 0 Å². The van der Waals surface area contributed by atoms with Crippen LogP contribution >= 0.6 is 0 Å². The Kier molecular flexibility index (Phi) is 4.20. The predicted octanol–water partition coefficient (Wildman–Crippen LogP) is 3.90. The number of nitrogens with zero attached hydrogens (tertiary/aromatic N) is 1. The van der Waals surface area contributed by atoms with Crippen molar-refractivity contribution in [1.29, 1.82) is 0 Å². The molecule has 0 saturated heterocycles. The Morgan fingerprint density at radius 3 is 2.48 bits per heavy atom. The van der Waals surface area contributed by atoms with E-state index in [1.807, 2.05) is 18.4 Å². The van der Waals surface area contributed by atoms with Crippen LogP contribution in [0.3, 0.4) is 0 Å². The van der Waals surface area contributed by atoms with Crippen molar-refractivity contribution in [1.82, 2.24) is 4.57 Å². The zero-order chi connectivity index (χ0) is 18.3. The molecule has 3 N–H and O–H groups in total. The fourth-order valence-electron chi connectivity index (χ4n) is 3.21. The molecule has 0 unspecified atom stereocenters. The third-order valence-electron chi connectivity index (χ3n) is 4.21. The minimum atomic E-state index is -0.932. The number of amides is 1. The maximum Gasteiger partial charge on any atom is 0.251 e. The normalized spacial score (nSPS) is 11.4. The lowest BCUT2D eigenvalue weighted by Crippen LogP contribution is -2.16. The maximum absolute atomic E-state index is 13.6. The molecule has 6 heteroatoms. The highest BCUT2D eigenvalue weighted by Crippen LogP contribution is 2.33. The lowest BCUT2D eigenvalue weighted by atomic mass is 10.0. The summed E-state index contributed by atoms with van der Waals surface area (Å²) >= 11 is 0. The first-order valence-electron chi connectivity index (χ1n) is 7.88. The number of phenols is 1. The van der Waals surface area contributed by atoms with Gasteiger partial charge in [-0.15, -0.1) is 0 Å². The molecule has 0 saturated carbocycles. The molecule has 1 heterocycles. The molecule has 0 spiro atoms. The summed E-state index contributed by atoms with van der Waals surface area (Å²) in [4.78, 5) is 12.0. The molecule has 3 aromatic rings. The van der Waals surface area contributed by atoms with E-state index in [1.54, 1.807) is 6.07 Å². The molecule has 25 heavy (non-hydrogen) atoms. The van der Waals surface area contributed by atoms with Crippen LogP contribution in [-0.2, 0) is 6.54 Å². The van der Waals surface area contributed by atoms with Gasteiger partial charge in [-0.2, -0.15) is 0 Å².